The first-order chi connectivity index (χ1) is 19.8. The molecule has 1 unspecified atom stereocenters. The number of rotatable bonds is 9. The number of benzene rings is 2. The van der Waals surface area contributed by atoms with E-state index in [1.165, 1.54) is 28.0 Å². The molecule has 1 aliphatic heterocycles. The average Bonchev–Trinajstić information content (AvgIpc) is 3.57. The molecule has 41 heavy (non-hydrogen) atoms. The summed E-state index contributed by atoms with van der Waals surface area (Å²) < 4.78 is 18.7. The molecule has 0 bridgehead atoms. The monoisotopic (exact) mass is 573 g/mol. The average molecular weight is 574 g/mol. The van der Waals surface area contributed by atoms with Gasteiger partial charge in [-0.15, -0.1) is 0 Å². The number of nitro benzene ring substituents is 1. The summed E-state index contributed by atoms with van der Waals surface area (Å²) in [6.45, 7) is 3.93. The van der Waals surface area contributed by atoms with Gasteiger partial charge in [-0.25, -0.2) is 9.79 Å². The van der Waals surface area contributed by atoms with Crippen molar-refractivity contribution < 1.29 is 23.6 Å². The molecule has 5 rings (SSSR count). The Balaban J connectivity index is 1.64. The number of furan rings is 1. The van der Waals surface area contributed by atoms with Gasteiger partial charge in [0.1, 0.15) is 17.3 Å². The van der Waals surface area contributed by atoms with E-state index in [1.807, 2.05) is 19.1 Å². The molecule has 4 aromatic rings. The van der Waals surface area contributed by atoms with Crippen molar-refractivity contribution in [3.63, 3.8) is 0 Å². The Labute approximate surface area is 238 Å². The molecule has 0 radical (unpaired) electrons. The lowest BCUT2D eigenvalue weighted by Crippen LogP contribution is -2.40. The maximum absolute atomic E-state index is 13.9. The first-order valence-electron chi connectivity index (χ1n) is 13.0. The normalized spacial score (nSPS) is 14.9. The van der Waals surface area contributed by atoms with Crippen molar-refractivity contribution in [2.45, 2.75) is 32.7 Å². The van der Waals surface area contributed by atoms with Crippen molar-refractivity contribution in [2.24, 2.45) is 4.99 Å². The van der Waals surface area contributed by atoms with Gasteiger partial charge >= 0.3 is 5.97 Å². The van der Waals surface area contributed by atoms with E-state index >= 15 is 0 Å². The summed E-state index contributed by atoms with van der Waals surface area (Å²) in [5.41, 5.74) is 1.94. The van der Waals surface area contributed by atoms with Gasteiger partial charge in [0.15, 0.2) is 4.80 Å². The SMILES string of the molecule is CCCC1=C(C(=O)OCC)C(c2cccc(OC)c2)n2c(s/c(=C\c3ccc(-c4ccc([N+](=O)[O-])cc4)o3)c2=O)=N1. The predicted molar refractivity (Wildman–Crippen MR) is 153 cm³/mol. The maximum atomic E-state index is 13.9. The largest absolute Gasteiger partial charge is 0.497 e. The summed E-state index contributed by atoms with van der Waals surface area (Å²) >= 11 is 1.21. The number of nitrogens with zero attached hydrogens (tertiary/aromatic N) is 3. The Morgan fingerprint density at radius 2 is 1.95 bits per heavy atom. The lowest BCUT2D eigenvalue weighted by Gasteiger charge is -2.26. The second-order valence-corrected chi connectivity index (χ2v) is 10.2. The van der Waals surface area contributed by atoms with Gasteiger partial charge in [-0.3, -0.25) is 19.5 Å². The summed E-state index contributed by atoms with van der Waals surface area (Å²) in [5, 5.41) is 11.0. The number of carbonyl (C=O) groups excluding carboxylic acids is 1. The first-order valence-corrected chi connectivity index (χ1v) is 13.9. The van der Waals surface area contributed by atoms with E-state index in [0.29, 0.717) is 55.4 Å². The molecule has 0 fully saturated rings. The number of methoxy groups -OCH3 is 1. The van der Waals surface area contributed by atoms with Crippen LogP contribution in [0.2, 0.25) is 0 Å². The van der Waals surface area contributed by atoms with Crippen molar-refractivity contribution in [1.29, 1.82) is 0 Å². The van der Waals surface area contributed by atoms with Crippen LogP contribution in [0.25, 0.3) is 17.4 Å². The van der Waals surface area contributed by atoms with Gasteiger partial charge in [0.25, 0.3) is 11.2 Å². The van der Waals surface area contributed by atoms with Crippen LogP contribution in [-0.2, 0) is 9.53 Å². The van der Waals surface area contributed by atoms with Gasteiger partial charge in [0, 0.05) is 23.8 Å². The van der Waals surface area contributed by atoms with E-state index in [-0.39, 0.29) is 17.9 Å². The quantitative estimate of drug-likeness (QED) is 0.161. The second-order valence-electron chi connectivity index (χ2n) is 9.20. The van der Waals surface area contributed by atoms with Crippen LogP contribution in [-0.4, -0.2) is 29.2 Å². The molecule has 0 spiro atoms. The number of ether oxygens (including phenoxy) is 2. The Bertz CT molecular complexity index is 1830. The minimum atomic E-state index is -0.753. The molecular formula is C30H27N3O7S. The number of hydrogen-bond donors (Lipinski definition) is 0. The van der Waals surface area contributed by atoms with Crippen molar-refractivity contribution >= 4 is 29.1 Å². The van der Waals surface area contributed by atoms with E-state index in [0.717, 1.165) is 6.42 Å². The molecule has 2 aromatic carbocycles. The smallest absolute Gasteiger partial charge is 0.338 e. The van der Waals surface area contributed by atoms with Crippen molar-refractivity contribution in [1.82, 2.24) is 4.57 Å². The van der Waals surface area contributed by atoms with Gasteiger partial charge in [-0.2, -0.15) is 0 Å². The predicted octanol–water partition coefficient (Wildman–Crippen LogP) is 4.76. The minimum Gasteiger partial charge on any atom is -0.497 e. The second kappa shape index (κ2) is 11.8. The third-order valence-corrected chi connectivity index (χ3v) is 7.55. The Kier molecular flexibility index (Phi) is 7.97. The molecule has 2 aromatic heterocycles. The first kappa shape index (κ1) is 27.8. The molecule has 0 aliphatic carbocycles. The van der Waals surface area contributed by atoms with E-state index in [2.05, 4.69) is 0 Å². The molecular weight excluding hydrogens is 546 g/mol. The molecule has 1 aliphatic rings. The third kappa shape index (κ3) is 5.48. The topological polar surface area (TPSA) is 126 Å². The summed E-state index contributed by atoms with van der Waals surface area (Å²) in [6.07, 6.45) is 2.92. The number of non-ortho nitro benzene ring substituents is 1. The van der Waals surface area contributed by atoms with E-state index in [4.69, 9.17) is 18.9 Å². The number of hydrogen-bond acceptors (Lipinski definition) is 9. The minimum absolute atomic E-state index is 0.0168. The number of thiazole rings is 1. The number of nitro groups is 1. The highest BCUT2D eigenvalue weighted by molar-refractivity contribution is 7.07. The molecule has 0 amide bonds. The van der Waals surface area contributed by atoms with Crippen molar-refractivity contribution in [2.75, 3.05) is 13.7 Å². The van der Waals surface area contributed by atoms with Crippen LogP contribution in [0, 0.1) is 10.1 Å². The zero-order chi connectivity index (χ0) is 29.1. The Morgan fingerprint density at radius 1 is 1.17 bits per heavy atom. The zero-order valence-electron chi connectivity index (χ0n) is 22.7. The molecule has 11 heteroatoms. The van der Waals surface area contributed by atoms with E-state index in [1.54, 1.807) is 56.5 Å². The van der Waals surface area contributed by atoms with E-state index in [9.17, 15) is 19.7 Å². The highest BCUT2D eigenvalue weighted by Crippen LogP contribution is 2.34. The molecule has 3 heterocycles. The summed E-state index contributed by atoms with van der Waals surface area (Å²) in [4.78, 5) is 42.9. The molecule has 1 atom stereocenters. The highest BCUT2D eigenvalue weighted by atomic mass is 32.1. The lowest BCUT2D eigenvalue weighted by molar-refractivity contribution is -0.384. The number of esters is 1. The Hall–Kier alpha value is -4.77. The Morgan fingerprint density at radius 3 is 2.63 bits per heavy atom. The van der Waals surface area contributed by atoms with E-state index < -0.39 is 16.9 Å². The van der Waals surface area contributed by atoms with Gasteiger partial charge in [0.05, 0.1) is 40.5 Å². The molecule has 0 N–H and O–H groups in total. The fourth-order valence-corrected chi connectivity index (χ4v) is 5.71. The number of aromatic nitrogens is 1. The molecule has 10 nitrogen and oxygen atoms in total. The lowest BCUT2D eigenvalue weighted by atomic mass is 9.94. The van der Waals surface area contributed by atoms with Crippen LogP contribution in [0.3, 0.4) is 0 Å². The van der Waals surface area contributed by atoms with Gasteiger partial charge in [-0.1, -0.05) is 36.8 Å². The summed E-state index contributed by atoms with van der Waals surface area (Å²) in [5.74, 6) is 1.01. The van der Waals surface area contributed by atoms with Crippen LogP contribution in [0.5, 0.6) is 5.75 Å². The fourth-order valence-electron chi connectivity index (χ4n) is 4.71. The van der Waals surface area contributed by atoms with Crippen LogP contribution in [0.1, 0.15) is 44.1 Å². The summed E-state index contributed by atoms with van der Waals surface area (Å²) in [6, 6.07) is 16.0. The maximum Gasteiger partial charge on any atom is 0.338 e. The van der Waals surface area contributed by atoms with Crippen LogP contribution in [0.15, 0.2) is 86.1 Å². The van der Waals surface area contributed by atoms with Crippen LogP contribution >= 0.6 is 11.3 Å². The number of carbonyl (C=O) groups is 1. The zero-order valence-corrected chi connectivity index (χ0v) is 23.5. The molecule has 210 valence electrons. The van der Waals surface area contributed by atoms with Gasteiger partial charge in [-0.05, 0) is 55.3 Å². The number of allylic oxidation sites excluding steroid dienone is 1. The van der Waals surface area contributed by atoms with Crippen LogP contribution in [0.4, 0.5) is 5.69 Å². The summed E-state index contributed by atoms with van der Waals surface area (Å²) in [7, 11) is 1.56. The van der Waals surface area contributed by atoms with Crippen molar-refractivity contribution in [3.05, 3.63) is 113 Å². The van der Waals surface area contributed by atoms with Gasteiger partial charge < -0.3 is 13.9 Å². The standard InChI is InChI=1S/C30H27N3O7S/c1-4-7-23-26(29(35)39-5-2)27(19-8-6-9-21(16-19)38-3)32-28(34)25(41-30(32)31-23)17-22-14-15-24(40-22)18-10-12-20(13-11-18)33(36)37/h6,8-17,27H,4-5,7H2,1-3H3/b25-17-. The highest BCUT2D eigenvalue weighted by Gasteiger charge is 2.34. The number of fused-ring (bicyclic) bond motifs is 1. The third-order valence-electron chi connectivity index (χ3n) is 6.56. The van der Waals surface area contributed by atoms with Gasteiger partial charge in [0.2, 0.25) is 0 Å². The molecule has 0 saturated heterocycles. The molecule has 0 saturated carbocycles. The van der Waals surface area contributed by atoms with Crippen LogP contribution < -0.4 is 19.6 Å². The van der Waals surface area contributed by atoms with Crippen molar-refractivity contribution in [3.8, 4) is 17.1 Å². The fraction of sp³-hybridized carbons (Fsp3) is 0.233.